The second-order valence-corrected chi connectivity index (χ2v) is 8.26. The van der Waals surface area contributed by atoms with Crippen molar-refractivity contribution in [1.29, 1.82) is 0 Å². The van der Waals surface area contributed by atoms with Crippen LogP contribution in [0.25, 0.3) is 0 Å². The molecule has 1 aromatic carbocycles. The summed E-state index contributed by atoms with van der Waals surface area (Å²) in [7, 11) is -3.78. The van der Waals surface area contributed by atoms with Crippen LogP contribution in [-0.2, 0) is 19.6 Å². The Morgan fingerprint density at radius 1 is 1.25 bits per heavy atom. The lowest BCUT2D eigenvalue weighted by atomic mass is 10.0. The fourth-order valence-corrected chi connectivity index (χ4v) is 4.46. The Bertz CT molecular complexity index is 894. The average molecular weight is 408 g/mol. The number of hydrogen-bond donors (Lipinski definition) is 1. The van der Waals surface area contributed by atoms with Crippen LogP contribution >= 0.6 is 0 Å². The third-order valence-corrected chi connectivity index (χ3v) is 6.24. The summed E-state index contributed by atoms with van der Waals surface area (Å²) < 4.78 is 45.0. The van der Waals surface area contributed by atoms with Gasteiger partial charge in [0.05, 0.1) is 17.4 Å². The first-order valence-electron chi connectivity index (χ1n) is 8.90. The molecule has 0 bridgehead atoms. The zero-order valence-corrected chi connectivity index (χ0v) is 15.9. The molecule has 2 heterocycles. The van der Waals surface area contributed by atoms with E-state index in [4.69, 9.17) is 4.74 Å². The molecule has 1 aliphatic rings. The van der Waals surface area contributed by atoms with Crippen LogP contribution < -0.4 is 5.32 Å². The number of piperidine rings is 1. The van der Waals surface area contributed by atoms with Gasteiger partial charge in [-0.2, -0.15) is 4.31 Å². The van der Waals surface area contributed by atoms with Crippen LogP contribution in [0.5, 0.6) is 0 Å². The van der Waals surface area contributed by atoms with E-state index in [0.717, 1.165) is 12.1 Å². The molecule has 0 saturated carbocycles. The maximum Gasteiger partial charge on any atom is 0.310 e. The van der Waals surface area contributed by atoms with Crippen LogP contribution in [0.3, 0.4) is 0 Å². The minimum Gasteiger partial charge on any atom is -0.464 e. The van der Waals surface area contributed by atoms with E-state index in [9.17, 15) is 17.6 Å². The Labute approximate surface area is 162 Å². The number of nitrogens with one attached hydrogen (secondary N) is 1. The number of halogens is 1. The second kappa shape index (κ2) is 9.07. The van der Waals surface area contributed by atoms with E-state index in [0.29, 0.717) is 31.9 Å². The summed E-state index contributed by atoms with van der Waals surface area (Å²) >= 11 is 0. The molecule has 1 aliphatic heterocycles. The van der Waals surface area contributed by atoms with Crippen LogP contribution in [0.1, 0.15) is 12.8 Å². The zero-order chi connectivity index (χ0) is 20.0. The summed E-state index contributed by atoms with van der Waals surface area (Å²) in [5.41, 5.74) is 0. The maximum atomic E-state index is 13.1. The molecule has 2 aromatic rings. The Morgan fingerprint density at radius 2 is 1.96 bits per heavy atom. The average Bonchev–Trinajstić information content (AvgIpc) is 2.72. The highest BCUT2D eigenvalue weighted by Gasteiger charge is 2.34. The number of nitrogens with zero attached hydrogens (tertiary/aromatic N) is 3. The standard InChI is InChI=1S/C18H21FN4O4S/c19-15-4-6-16(7-5-15)28(25,26)23-11-1-3-14(13-23)17(24)27-12-10-22-18-20-8-2-9-21-18/h2,4-9,14H,1,3,10-13H2,(H,20,21,22). The molecule has 1 atom stereocenters. The van der Waals surface area contributed by atoms with Crippen molar-refractivity contribution in [3.8, 4) is 0 Å². The van der Waals surface area contributed by atoms with Gasteiger partial charge in [0.15, 0.2) is 0 Å². The van der Waals surface area contributed by atoms with Gasteiger partial charge in [-0.05, 0) is 43.2 Å². The summed E-state index contributed by atoms with van der Waals surface area (Å²) in [6.45, 7) is 0.836. The molecule has 28 heavy (non-hydrogen) atoms. The summed E-state index contributed by atoms with van der Waals surface area (Å²) in [4.78, 5) is 20.3. The number of carbonyl (C=O) groups excluding carboxylic acids is 1. The quantitative estimate of drug-likeness (QED) is 0.549. The van der Waals surface area contributed by atoms with Gasteiger partial charge in [0.2, 0.25) is 16.0 Å². The van der Waals surface area contributed by atoms with Gasteiger partial charge in [-0.3, -0.25) is 4.79 Å². The van der Waals surface area contributed by atoms with Crippen LogP contribution in [0.15, 0.2) is 47.6 Å². The van der Waals surface area contributed by atoms with Crippen molar-refractivity contribution in [3.05, 3.63) is 48.5 Å². The molecule has 0 radical (unpaired) electrons. The lowest BCUT2D eigenvalue weighted by Gasteiger charge is -2.30. The highest BCUT2D eigenvalue weighted by Crippen LogP contribution is 2.24. The van der Waals surface area contributed by atoms with Crippen molar-refractivity contribution in [1.82, 2.24) is 14.3 Å². The van der Waals surface area contributed by atoms with E-state index in [-0.39, 0.29) is 18.0 Å². The van der Waals surface area contributed by atoms with Gasteiger partial charge in [0.1, 0.15) is 12.4 Å². The number of esters is 1. The molecule has 1 unspecified atom stereocenters. The summed E-state index contributed by atoms with van der Waals surface area (Å²) in [6, 6.07) is 6.35. The molecule has 0 aliphatic carbocycles. The topological polar surface area (TPSA) is 101 Å². The summed E-state index contributed by atoms with van der Waals surface area (Å²) in [6.07, 6.45) is 4.30. The number of carbonyl (C=O) groups is 1. The van der Waals surface area contributed by atoms with Crippen molar-refractivity contribution in [2.45, 2.75) is 17.7 Å². The Kier molecular flexibility index (Phi) is 6.53. The first-order chi connectivity index (χ1) is 13.5. The molecule has 0 spiro atoms. The molecule has 1 aromatic heterocycles. The molecule has 150 valence electrons. The normalized spacial score (nSPS) is 17.8. The fourth-order valence-electron chi connectivity index (χ4n) is 2.93. The van der Waals surface area contributed by atoms with Crippen molar-refractivity contribution in [3.63, 3.8) is 0 Å². The van der Waals surface area contributed by atoms with Gasteiger partial charge in [-0.1, -0.05) is 0 Å². The number of ether oxygens (including phenoxy) is 1. The number of benzene rings is 1. The van der Waals surface area contributed by atoms with E-state index in [1.54, 1.807) is 18.5 Å². The molecule has 8 nitrogen and oxygen atoms in total. The number of sulfonamides is 1. The van der Waals surface area contributed by atoms with Gasteiger partial charge in [-0.25, -0.2) is 22.8 Å². The Balaban J connectivity index is 1.52. The van der Waals surface area contributed by atoms with Gasteiger partial charge in [-0.15, -0.1) is 0 Å². The monoisotopic (exact) mass is 408 g/mol. The van der Waals surface area contributed by atoms with E-state index in [2.05, 4.69) is 15.3 Å². The zero-order valence-electron chi connectivity index (χ0n) is 15.1. The molecule has 0 amide bonds. The Hall–Kier alpha value is -2.59. The fraction of sp³-hybridized carbons (Fsp3) is 0.389. The van der Waals surface area contributed by atoms with Crippen LogP contribution in [0.2, 0.25) is 0 Å². The summed E-state index contributed by atoms with van der Waals surface area (Å²) in [5.74, 6) is -1.03. The highest BCUT2D eigenvalue weighted by atomic mass is 32.2. The van der Waals surface area contributed by atoms with Crippen LogP contribution in [0, 0.1) is 11.7 Å². The number of aromatic nitrogens is 2. The first kappa shape index (κ1) is 20.2. The van der Waals surface area contributed by atoms with Gasteiger partial charge in [0, 0.05) is 25.5 Å². The van der Waals surface area contributed by atoms with Crippen molar-refractivity contribution in [2.24, 2.45) is 5.92 Å². The Morgan fingerprint density at radius 3 is 2.68 bits per heavy atom. The number of hydrogen-bond acceptors (Lipinski definition) is 7. The second-order valence-electron chi connectivity index (χ2n) is 6.32. The minimum atomic E-state index is -3.78. The molecule has 1 saturated heterocycles. The first-order valence-corrected chi connectivity index (χ1v) is 10.3. The lowest BCUT2D eigenvalue weighted by Crippen LogP contribution is -2.42. The molecule has 1 N–H and O–H groups in total. The highest BCUT2D eigenvalue weighted by molar-refractivity contribution is 7.89. The van der Waals surface area contributed by atoms with E-state index < -0.39 is 27.7 Å². The van der Waals surface area contributed by atoms with Crippen molar-refractivity contribution in [2.75, 3.05) is 31.6 Å². The third-order valence-electron chi connectivity index (χ3n) is 4.36. The van der Waals surface area contributed by atoms with Gasteiger partial charge >= 0.3 is 5.97 Å². The van der Waals surface area contributed by atoms with Gasteiger partial charge in [0.25, 0.3) is 0 Å². The predicted molar refractivity (Wildman–Crippen MR) is 99.4 cm³/mol. The summed E-state index contributed by atoms with van der Waals surface area (Å²) in [5, 5.41) is 2.93. The van der Waals surface area contributed by atoms with E-state index >= 15 is 0 Å². The van der Waals surface area contributed by atoms with E-state index in [1.807, 2.05) is 0 Å². The van der Waals surface area contributed by atoms with Crippen molar-refractivity contribution < 1.29 is 22.3 Å². The molecular formula is C18H21FN4O4S. The number of anilines is 1. The largest absolute Gasteiger partial charge is 0.464 e. The third kappa shape index (κ3) is 5.02. The molecule has 1 fully saturated rings. The SMILES string of the molecule is O=C(OCCNc1ncccn1)C1CCCN(S(=O)(=O)c2ccc(F)cc2)C1. The molecule has 3 rings (SSSR count). The van der Waals surface area contributed by atoms with Crippen LogP contribution in [0.4, 0.5) is 10.3 Å². The molecule has 10 heteroatoms. The van der Waals surface area contributed by atoms with Gasteiger partial charge < -0.3 is 10.1 Å². The van der Waals surface area contributed by atoms with Crippen molar-refractivity contribution >= 4 is 21.9 Å². The van der Waals surface area contributed by atoms with E-state index in [1.165, 1.54) is 16.4 Å². The predicted octanol–water partition coefficient (Wildman–Crippen LogP) is 1.67. The lowest BCUT2D eigenvalue weighted by molar-refractivity contribution is -0.149. The minimum absolute atomic E-state index is 0.00924. The van der Waals surface area contributed by atoms with Crippen LogP contribution in [-0.4, -0.2) is 54.9 Å². The molecular weight excluding hydrogens is 387 g/mol. The smallest absolute Gasteiger partial charge is 0.310 e. The maximum absolute atomic E-state index is 13.1. The number of rotatable bonds is 7.